The van der Waals surface area contributed by atoms with E-state index in [-0.39, 0.29) is 4.90 Å². The van der Waals surface area contributed by atoms with Crippen LogP contribution < -0.4 is 5.32 Å². The Balaban J connectivity index is 2.04. The Morgan fingerprint density at radius 1 is 1.22 bits per heavy atom. The standard InChI is InChI=1S/C14H18N2O6S/c1-21-14(18)10-13(17)15-11-2-4-12(5-3-11)23(19,20)16-6-8-22-9-7-16/h2-5H,6-10H2,1H3,(H,15,17). The van der Waals surface area contributed by atoms with E-state index in [4.69, 9.17) is 4.74 Å². The van der Waals surface area contributed by atoms with Gasteiger partial charge in [0.25, 0.3) is 0 Å². The maximum atomic E-state index is 12.4. The van der Waals surface area contributed by atoms with Crippen LogP contribution in [0.3, 0.4) is 0 Å². The van der Waals surface area contributed by atoms with Gasteiger partial charge in [0, 0.05) is 18.8 Å². The third kappa shape index (κ3) is 4.50. The van der Waals surface area contributed by atoms with Gasteiger partial charge in [0.1, 0.15) is 6.42 Å². The van der Waals surface area contributed by atoms with Gasteiger partial charge in [-0.05, 0) is 24.3 Å². The van der Waals surface area contributed by atoms with Crippen molar-refractivity contribution in [2.75, 3.05) is 38.7 Å². The van der Waals surface area contributed by atoms with E-state index >= 15 is 0 Å². The highest BCUT2D eigenvalue weighted by Gasteiger charge is 2.26. The number of nitrogens with one attached hydrogen (secondary N) is 1. The molecule has 0 unspecified atom stereocenters. The third-order valence-electron chi connectivity index (χ3n) is 3.28. The highest BCUT2D eigenvalue weighted by molar-refractivity contribution is 7.89. The van der Waals surface area contributed by atoms with E-state index in [0.29, 0.717) is 32.0 Å². The molecule has 9 heteroatoms. The molecule has 0 atom stereocenters. The number of benzene rings is 1. The molecule has 0 spiro atoms. The molecule has 1 N–H and O–H groups in total. The second kappa shape index (κ2) is 7.53. The fourth-order valence-corrected chi connectivity index (χ4v) is 3.46. The molecule has 1 aliphatic heterocycles. The van der Waals surface area contributed by atoms with Crippen LogP contribution in [0.5, 0.6) is 0 Å². The summed E-state index contributed by atoms with van der Waals surface area (Å²) in [6, 6.07) is 5.78. The van der Waals surface area contributed by atoms with Gasteiger partial charge in [-0.3, -0.25) is 9.59 Å². The summed E-state index contributed by atoms with van der Waals surface area (Å²) in [6.07, 6.45) is -0.398. The fourth-order valence-electron chi connectivity index (χ4n) is 2.05. The number of carbonyl (C=O) groups excluding carboxylic acids is 2. The topological polar surface area (TPSA) is 102 Å². The molecule has 0 aromatic heterocycles. The van der Waals surface area contributed by atoms with Crippen LogP contribution in [-0.2, 0) is 29.1 Å². The number of anilines is 1. The van der Waals surface area contributed by atoms with Crippen LogP contribution in [0.25, 0.3) is 0 Å². The van der Waals surface area contributed by atoms with Gasteiger partial charge in [-0.25, -0.2) is 8.42 Å². The van der Waals surface area contributed by atoms with E-state index in [2.05, 4.69) is 10.1 Å². The van der Waals surface area contributed by atoms with Crippen LogP contribution in [0, 0.1) is 0 Å². The first-order chi connectivity index (χ1) is 10.9. The molecule has 1 fully saturated rings. The van der Waals surface area contributed by atoms with Gasteiger partial charge >= 0.3 is 5.97 Å². The predicted molar refractivity (Wildman–Crippen MR) is 81.3 cm³/mol. The fraction of sp³-hybridized carbons (Fsp3) is 0.429. The Kier molecular flexibility index (Phi) is 5.69. The summed E-state index contributed by atoms with van der Waals surface area (Å²) in [4.78, 5) is 22.7. The van der Waals surface area contributed by atoms with Crippen molar-refractivity contribution >= 4 is 27.6 Å². The number of methoxy groups -OCH3 is 1. The number of hydrogen-bond donors (Lipinski definition) is 1. The average Bonchev–Trinajstić information content (AvgIpc) is 2.56. The van der Waals surface area contributed by atoms with E-state index in [0.717, 1.165) is 0 Å². The summed E-state index contributed by atoms with van der Waals surface area (Å²) in [5.41, 5.74) is 0.403. The van der Waals surface area contributed by atoms with Crippen LogP contribution in [0.2, 0.25) is 0 Å². The molecule has 1 aromatic rings. The summed E-state index contributed by atoms with van der Waals surface area (Å²) in [6.45, 7) is 1.39. The molecule has 1 amide bonds. The van der Waals surface area contributed by atoms with Gasteiger partial charge in [-0.15, -0.1) is 0 Å². The normalized spacial score (nSPS) is 15.9. The van der Waals surface area contributed by atoms with Crippen LogP contribution in [0.15, 0.2) is 29.2 Å². The lowest BCUT2D eigenvalue weighted by Crippen LogP contribution is -2.40. The van der Waals surface area contributed by atoms with Gasteiger partial charge in [0.15, 0.2) is 0 Å². The van der Waals surface area contributed by atoms with Gasteiger partial charge in [-0.1, -0.05) is 0 Å². The van der Waals surface area contributed by atoms with E-state index in [9.17, 15) is 18.0 Å². The number of nitrogens with zero attached hydrogens (tertiary/aromatic N) is 1. The highest BCUT2D eigenvalue weighted by Crippen LogP contribution is 2.19. The van der Waals surface area contributed by atoms with E-state index in [1.165, 1.54) is 35.7 Å². The molecule has 0 saturated carbocycles. The maximum Gasteiger partial charge on any atom is 0.315 e. The number of morpholine rings is 1. The molecule has 126 valence electrons. The zero-order valence-electron chi connectivity index (χ0n) is 12.6. The lowest BCUT2D eigenvalue weighted by Gasteiger charge is -2.26. The summed E-state index contributed by atoms with van der Waals surface area (Å²) in [7, 11) is -2.37. The van der Waals surface area contributed by atoms with E-state index in [1.807, 2.05) is 0 Å². The molecular formula is C14H18N2O6S. The second-order valence-electron chi connectivity index (χ2n) is 4.84. The third-order valence-corrected chi connectivity index (χ3v) is 5.19. The number of rotatable bonds is 5. The highest BCUT2D eigenvalue weighted by atomic mass is 32.2. The Hall–Kier alpha value is -1.97. The number of sulfonamides is 1. The first kappa shape index (κ1) is 17.4. The Bertz CT molecular complexity index is 665. The molecule has 2 rings (SSSR count). The molecule has 23 heavy (non-hydrogen) atoms. The zero-order valence-corrected chi connectivity index (χ0v) is 13.5. The van der Waals surface area contributed by atoms with Crippen LogP contribution in [-0.4, -0.2) is 58.0 Å². The lowest BCUT2D eigenvalue weighted by molar-refractivity contribution is -0.142. The lowest BCUT2D eigenvalue weighted by atomic mass is 10.3. The first-order valence-corrected chi connectivity index (χ1v) is 8.42. The Labute approximate surface area is 134 Å². The van der Waals surface area contributed by atoms with Gasteiger partial charge in [-0.2, -0.15) is 4.31 Å². The van der Waals surface area contributed by atoms with Crippen molar-refractivity contribution in [2.24, 2.45) is 0 Å². The Morgan fingerprint density at radius 2 is 1.83 bits per heavy atom. The van der Waals surface area contributed by atoms with Crippen molar-refractivity contribution in [1.82, 2.24) is 4.31 Å². The minimum atomic E-state index is -3.56. The first-order valence-electron chi connectivity index (χ1n) is 6.98. The van der Waals surface area contributed by atoms with Crippen molar-refractivity contribution in [3.8, 4) is 0 Å². The number of amides is 1. The maximum absolute atomic E-state index is 12.4. The molecule has 0 bridgehead atoms. The molecule has 0 aliphatic carbocycles. The molecular weight excluding hydrogens is 324 g/mol. The number of carbonyl (C=O) groups is 2. The van der Waals surface area contributed by atoms with Gasteiger partial charge in [0.05, 0.1) is 25.2 Å². The van der Waals surface area contributed by atoms with Crippen molar-refractivity contribution in [3.63, 3.8) is 0 Å². The second-order valence-corrected chi connectivity index (χ2v) is 6.78. The minimum Gasteiger partial charge on any atom is -0.469 e. The quantitative estimate of drug-likeness (QED) is 0.606. The zero-order chi connectivity index (χ0) is 16.9. The smallest absolute Gasteiger partial charge is 0.315 e. The number of ether oxygens (including phenoxy) is 2. The molecule has 0 radical (unpaired) electrons. The predicted octanol–water partition coefficient (Wildman–Crippen LogP) is 0.209. The summed E-state index contributed by atoms with van der Waals surface area (Å²) in [5.74, 6) is -1.17. The van der Waals surface area contributed by atoms with Crippen molar-refractivity contribution < 1.29 is 27.5 Å². The summed E-state index contributed by atoms with van der Waals surface area (Å²) >= 11 is 0. The Morgan fingerprint density at radius 3 is 2.39 bits per heavy atom. The summed E-state index contributed by atoms with van der Waals surface area (Å²) in [5, 5.41) is 2.50. The van der Waals surface area contributed by atoms with Gasteiger partial charge in [0.2, 0.25) is 15.9 Å². The SMILES string of the molecule is COC(=O)CC(=O)Nc1ccc(S(=O)(=O)N2CCOCC2)cc1. The van der Waals surface area contributed by atoms with Crippen molar-refractivity contribution in [1.29, 1.82) is 0 Å². The largest absolute Gasteiger partial charge is 0.469 e. The van der Waals surface area contributed by atoms with E-state index < -0.39 is 28.3 Å². The van der Waals surface area contributed by atoms with Crippen molar-refractivity contribution in [2.45, 2.75) is 11.3 Å². The van der Waals surface area contributed by atoms with Gasteiger partial charge < -0.3 is 14.8 Å². The van der Waals surface area contributed by atoms with Crippen molar-refractivity contribution in [3.05, 3.63) is 24.3 Å². The average molecular weight is 342 g/mol. The van der Waals surface area contributed by atoms with Crippen LogP contribution in [0.1, 0.15) is 6.42 Å². The monoisotopic (exact) mass is 342 g/mol. The minimum absolute atomic E-state index is 0.144. The van der Waals surface area contributed by atoms with Crippen LogP contribution >= 0.6 is 0 Å². The molecule has 1 aliphatic rings. The summed E-state index contributed by atoms with van der Waals surface area (Å²) < 4.78 is 35.8. The van der Waals surface area contributed by atoms with Crippen LogP contribution in [0.4, 0.5) is 5.69 Å². The molecule has 8 nitrogen and oxygen atoms in total. The molecule has 1 heterocycles. The molecule has 1 aromatic carbocycles. The molecule has 1 saturated heterocycles. The number of hydrogen-bond acceptors (Lipinski definition) is 6. The number of esters is 1. The van der Waals surface area contributed by atoms with E-state index in [1.54, 1.807) is 0 Å².